The van der Waals surface area contributed by atoms with Crippen molar-refractivity contribution in [1.82, 2.24) is 20.4 Å². The van der Waals surface area contributed by atoms with E-state index in [4.69, 9.17) is 9.47 Å². The lowest BCUT2D eigenvalue weighted by Gasteiger charge is -2.36. The van der Waals surface area contributed by atoms with Crippen molar-refractivity contribution >= 4 is 17.7 Å². The van der Waals surface area contributed by atoms with E-state index in [2.05, 4.69) is 15.5 Å². The summed E-state index contributed by atoms with van der Waals surface area (Å²) >= 11 is 0. The number of nitrogens with zero attached hydrogens (tertiary/aromatic N) is 2. The highest BCUT2D eigenvalue weighted by molar-refractivity contribution is 5.99. The topological polar surface area (TPSA) is 120 Å². The molecular weight excluding hydrogens is 404 g/mol. The zero-order valence-electron chi connectivity index (χ0n) is 18.6. The summed E-state index contributed by atoms with van der Waals surface area (Å²) in [5.74, 6) is -2.20. The minimum absolute atomic E-state index is 0.243. The SMILES string of the molecule is CNC(=O)[C@H]1[C@H]2C(=O)N([C@H](C)CO)C(C(=O)NCCN3CCOCC3)C23CC[C@]1(C)O3. The van der Waals surface area contributed by atoms with E-state index < -0.39 is 35.1 Å². The number of rotatable bonds is 7. The quantitative estimate of drug-likeness (QED) is 0.435. The predicted molar refractivity (Wildman–Crippen MR) is 110 cm³/mol. The first kappa shape index (κ1) is 22.4. The number of carbonyl (C=O) groups is 3. The lowest BCUT2D eigenvalue weighted by atomic mass is 9.66. The van der Waals surface area contributed by atoms with E-state index in [0.717, 1.165) is 13.1 Å². The predicted octanol–water partition coefficient (Wildman–Crippen LogP) is -1.67. The lowest BCUT2D eigenvalue weighted by molar-refractivity contribution is -0.149. The molecule has 10 heteroatoms. The first-order valence-corrected chi connectivity index (χ1v) is 11.2. The fourth-order valence-electron chi connectivity index (χ4n) is 6.04. The molecule has 4 aliphatic rings. The Labute approximate surface area is 182 Å². The van der Waals surface area contributed by atoms with Crippen molar-refractivity contribution in [2.45, 2.75) is 50.0 Å². The standard InChI is InChI=1S/C21H34N4O6/c1-13(12-26)25-16(18(28)23-6-7-24-8-10-30-11-9-24)21-5-4-20(2,31-21)14(17(27)22-3)15(21)19(25)29/h13-16,26H,4-12H2,1-3H3,(H,22,27)(H,23,28)/t13-,14-,15+,16?,20+,21?/m1/s1. The van der Waals surface area contributed by atoms with Crippen LogP contribution in [-0.2, 0) is 23.9 Å². The molecule has 2 bridgehead atoms. The third-order valence-corrected chi connectivity index (χ3v) is 7.56. The van der Waals surface area contributed by atoms with E-state index >= 15 is 0 Å². The Bertz CT molecular complexity index is 743. The van der Waals surface area contributed by atoms with E-state index in [1.807, 2.05) is 6.92 Å². The van der Waals surface area contributed by atoms with Crippen molar-refractivity contribution in [2.75, 3.05) is 53.0 Å². The third kappa shape index (κ3) is 3.44. The third-order valence-electron chi connectivity index (χ3n) is 7.56. The van der Waals surface area contributed by atoms with Crippen LogP contribution < -0.4 is 10.6 Å². The van der Waals surface area contributed by atoms with Crippen molar-refractivity contribution in [3.63, 3.8) is 0 Å². The van der Waals surface area contributed by atoms with Crippen LogP contribution in [-0.4, -0.2) is 109 Å². The van der Waals surface area contributed by atoms with Crippen molar-refractivity contribution in [2.24, 2.45) is 11.8 Å². The molecular formula is C21H34N4O6. The second kappa shape index (κ2) is 8.31. The van der Waals surface area contributed by atoms with Crippen LogP contribution in [0, 0.1) is 11.8 Å². The van der Waals surface area contributed by atoms with Gasteiger partial charge in [-0.3, -0.25) is 19.3 Å². The number of nitrogens with one attached hydrogen (secondary N) is 2. The molecule has 0 aromatic heterocycles. The van der Waals surface area contributed by atoms with Crippen molar-refractivity contribution in [1.29, 1.82) is 0 Å². The van der Waals surface area contributed by atoms with Crippen molar-refractivity contribution < 1.29 is 29.0 Å². The molecule has 31 heavy (non-hydrogen) atoms. The van der Waals surface area contributed by atoms with Crippen molar-refractivity contribution in [3.8, 4) is 0 Å². The van der Waals surface area contributed by atoms with Gasteiger partial charge in [0.2, 0.25) is 17.7 Å². The van der Waals surface area contributed by atoms with Crippen LogP contribution in [0.5, 0.6) is 0 Å². The summed E-state index contributed by atoms with van der Waals surface area (Å²) in [6.07, 6.45) is 1.14. The van der Waals surface area contributed by atoms with Crippen LogP contribution in [0.15, 0.2) is 0 Å². The molecule has 2 unspecified atom stereocenters. The number of fused-ring (bicyclic) bond motifs is 1. The van der Waals surface area contributed by atoms with Crippen LogP contribution >= 0.6 is 0 Å². The molecule has 0 aromatic carbocycles. The maximum absolute atomic E-state index is 13.5. The monoisotopic (exact) mass is 438 g/mol. The first-order valence-electron chi connectivity index (χ1n) is 11.2. The summed E-state index contributed by atoms with van der Waals surface area (Å²) in [4.78, 5) is 43.4. The Balaban J connectivity index is 1.58. The molecule has 0 aliphatic carbocycles. The molecule has 174 valence electrons. The van der Waals surface area contributed by atoms with Crippen LogP contribution in [0.4, 0.5) is 0 Å². The first-order chi connectivity index (χ1) is 14.8. The number of aliphatic hydroxyl groups excluding tert-OH is 1. The summed E-state index contributed by atoms with van der Waals surface area (Å²) < 4.78 is 11.8. The molecule has 0 aromatic rings. The van der Waals surface area contributed by atoms with Gasteiger partial charge in [0.1, 0.15) is 11.6 Å². The Morgan fingerprint density at radius 1 is 1.26 bits per heavy atom. The molecule has 4 aliphatic heterocycles. The van der Waals surface area contributed by atoms with E-state index in [1.54, 1.807) is 14.0 Å². The molecule has 4 fully saturated rings. The molecule has 4 saturated heterocycles. The fourth-order valence-corrected chi connectivity index (χ4v) is 6.04. The summed E-state index contributed by atoms with van der Waals surface area (Å²) in [7, 11) is 1.55. The van der Waals surface area contributed by atoms with E-state index in [-0.39, 0.29) is 24.3 Å². The van der Waals surface area contributed by atoms with Gasteiger partial charge in [0.15, 0.2) is 0 Å². The zero-order chi connectivity index (χ0) is 22.4. The van der Waals surface area contributed by atoms with Gasteiger partial charge in [-0.25, -0.2) is 0 Å². The van der Waals surface area contributed by atoms with Gasteiger partial charge in [0, 0.05) is 33.2 Å². The minimum Gasteiger partial charge on any atom is -0.394 e. The minimum atomic E-state index is -1.05. The number of carbonyl (C=O) groups excluding carboxylic acids is 3. The number of hydrogen-bond donors (Lipinski definition) is 3. The maximum atomic E-state index is 13.5. The number of hydrogen-bond acceptors (Lipinski definition) is 7. The van der Waals surface area contributed by atoms with Gasteiger partial charge >= 0.3 is 0 Å². The Hall–Kier alpha value is -1.75. The van der Waals surface area contributed by atoms with Crippen LogP contribution in [0.25, 0.3) is 0 Å². The van der Waals surface area contributed by atoms with E-state index in [1.165, 1.54) is 4.90 Å². The average molecular weight is 439 g/mol. The second-order valence-corrected chi connectivity index (χ2v) is 9.36. The van der Waals surface area contributed by atoms with Gasteiger partial charge in [0.05, 0.1) is 43.3 Å². The molecule has 6 atom stereocenters. The van der Waals surface area contributed by atoms with Crippen LogP contribution in [0.2, 0.25) is 0 Å². The molecule has 1 spiro atoms. The van der Waals surface area contributed by atoms with Gasteiger partial charge in [0.25, 0.3) is 0 Å². The van der Waals surface area contributed by atoms with Gasteiger partial charge in [-0.2, -0.15) is 0 Å². The molecule has 3 amide bonds. The molecule has 4 heterocycles. The highest BCUT2D eigenvalue weighted by Gasteiger charge is 2.78. The summed E-state index contributed by atoms with van der Waals surface area (Å²) in [6.45, 7) is 7.47. The molecule has 4 rings (SSSR count). The number of morpholine rings is 1. The number of ether oxygens (including phenoxy) is 2. The number of amides is 3. The number of likely N-dealkylation sites (tertiary alicyclic amines) is 1. The highest BCUT2D eigenvalue weighted by Crippen LogP contribution is 2.63. The van der Waals surface area contributed by atoms with Gasteiger partial charge < -0.3 is 30.1 Å². The summed E-state index contributed by atoms with van der Waals surface area (Å²) in [5, 5.41) is 15.4. The Morgan fingerprint density at radius 3 is 2.61 bits per heavy atom. The highest BCUT2D eigenvalue weighted by atomic mass is 16.5. The van der Waals surface area contributed by atoms with Crippen molar-refractivity contribution in [3.05, 3.63) is 0 Å². The molecule has 3 N–H and O–H groups in total. The zero-order valence-corrected chi connectivity index (χ0v) is 18.6. The van der Waals surface area contributed by atoms with Gasteiger partial charge in [-0.1, -0.05) is 0 Å². The molecule has 0 saturated carbocycles. The largest absolute Gasteiger partial charge is 0.394 e. The lowest BCUT2D eigenvalue weighted by Crippen LogP contribution is -2.58. The fraction of sp³-hybridized carbons (Fsp3) is 0.857. The molecule has 10 nitrogen and oxygen atoms in total. The van der Waals surface area contributed by atoms with Crippen LogP contribution in [0.1, 0.15) is 26.7 Å². The Kier molecular flexibility index (Phi) is 6.01. The van der Waals surface area contributed by atoms with Gasteiger partial charge in [-0.15, -0.1) is 0 Å². The molecule has 0 radical (unpaired) electrons. The second-order valence-electron chi connectivity index (χ2n) is 9.36. The Morgan fingerprint density at radius 2 is 1.97 bits per heavy atom. The average Bonchev–Trinajstić information content (AvgIpc) is 3.34. The van der Waals surface area contributed by atoms with Crippen LogP contribution in [0.3, 0.4) is 0 Å². The normalized spacial score (nSPS) is 38.3. The maximum Gasteiger partial charge on any atom is 0.245 e. The van der Waals surface area contributed by atoms with E-state index in [0.29, 0.717) is 39.1 Å². The number of aliphatic hydroxyl groups is 1. The summed E-state index contributed by atoms with van der Waals surface area (Å²) in [6, 6.07) is -1.42. The van der Waals surface area contributed by atoms with Gasteiger partial charge in [-0.05, 0) is 26.7 Å². The smallest absolute Gasteiger partial charge is 0.245 e. The summed E-state index contributed by atoms with van der Waals surface area (Å²) in [5.41, 5.74) is -1.82. The van der Waals surface area contributed by atoms with E-state index in [9.17, 15) is 19.5 Å².